The Morgan fingerprint density at radius 1 is 0.800 bits per heavy atom. The minimum atomic E-state index is -0.733. The van der Waals surface area contributed by atoms with E-state index < -0.39 is 12.0 Å². The van der Waals surface area contributed by atoms with E-state index in [1.165, 1.54) is 15.9 Å². The quantitative estimate of drug-likeness (QED) is 0.131. The van der Waals surface area contributed by atoms with Crippen molar-refractivity contribution in [3.8, 4) is 23.0 Å². The van der Waals surface area contributed by atoms with Crippen molar-refractivity contribution in [3.05, 3.63) is 145 Å². The SMILES string of the molecule is CCOC(=O)C1=C(C)n2c(s/c(=C\c3ccc(OCc4ccccc4)c(OC)c3)c2=O)=N[C@@H]1c1ccc(OCc2ccccc2)c(OCC)c1. The number of aromatic nitrogens is 1. The molecule has 1 aliphatic heterocycles. The Bertz CT molecular complexity index is 2190. The van der Waals surface area contributed by atoms with Gasteiger partial charge in [0.15, 0.2) is 27.8 Å². The van der Waals surface area contributed by atoms with Crippen LogP contribution in [-0.4, -0.2) is 30.9 Å². The summed E-state index contributed by atoms with van der Waals surface area (Å²) in [5.41, 5.74) is 3.99. The highest BCUT2D eigenvalue weighted by Gasteiger charge is 2.32. The molecule has 0 aliphatic carbocycles. The summed E-state index contributed by atoms with van der Waals surface area (Å²) in [6.45, 7) is 6.75. The molecule has 4 aromatic carbocycles. The van der Waals surface area contributed by atoms with Crippen molar-refractivity contribution in [2.45, 2.75) is 40.0 Å². The Morgan fingerprint density at radius 3 is 2.06 bits per heavy atom. The molecule has 0 amide bonds. The molecule has 9 nitrogen and oxygen atoms in total. The van der Waals surface area contributed by atoms with E-state index in [1.807, 2.05) is 104 Å². The zero-order chi connectivity index (χ0) is 35.0. The van der Waals surface area contributed by atoms with Crippen LogP contribution < -0.4 is 33.8 Å². The molecule has 50 heavy (non-hydrogen) atoms. The number of methoxy groups -OCH3 is 1. The smallest absolute Gasteiger partial charge is 0.338 e. The van der Waals surface area contributed by atoms with Crippen LogP contribution in [0.15, 0.2) is 112 Å². The monoisotopic (exact) mass is 690 g/mol. The lowest BCUT2D eigenvalue weighted by Crippen LogP contribution is -2.35. The van der Waals surface area contributed by atoms with E-state index in [4.69, 9.17) is 28.7 Å². The minimum Gasteiger partial charge on any atom is -0.493 e. The third-order valence-corrected chi connectivity index (χ3v) is 9.07. The molecule has 0 radical (unpaired) electrons. The molecule has 256 valence electrons. The normalized spacial score (nSPS) is 14.1. The molecule has 1 aliphatic rings. The van der Waals surface area contributed by atoms with Gasteiger partial charge in [0.05, 0.1) is 30.4 Å². The van der Waals surface area contributed by atoms with Gasteiger partial charge in [-0.2, -0.15) is 0 Å². The number of allylic oxidation sites excluding steroid dienone is 1. The molecule has 0 saturated heterocycles. The summed E-state index contributed by atoms with van der Waals surface area (Å²) in [7, 11) is 1.58. The van der Waals surface area contributed by atoms with Gasteiger partial charge in [-0.1, -0.05) is 84.1 Å². The lowest BCUT2D eigenvalue weighted by molar-refractivity contribution is -0.138. The van der Waals surface area contributed by atoms with Gasteiger partial charge in [0, 0.05) is 5.70 Å². The van der Waals surface area contributed by atoms with Crippen molar-refractivity contribution < 1.29 is 28.5 Å². The number of esters is 1. The maximum absolute atomic E-state index is 13.9. The first-order chi connectivity index (χ1) is 24.4. The van der Waals surface area contributed by atoms with Crippen molar-refractivity contribution >= 4 is 29.1 Å². The van der Waals surface area contributed by atoms with Gasteiger partial charge in [-0.3, -0.25) is 9.36 Å². The fourth-order valence-corrected chi connectivity index (χ4v) is 6.70. The standard InChI is InChI=1S/C40H38N2O7S/c1-5-46-34-23-30(18-20-32(34)49-25-28-15-11-8-12-16-28)37-36(39(44)47-6-2)26(3)42-38(43)35(50-40(42)41-37)22-29-17-19-31(33(21-29)45-4)48-24-27-13-9-7-10-14-27/h7-23,37H,5-6,24-25H2,1-4H3/b35-22-/t37-/m1/s1. The summed E-state index contributed by atoms with van der Waals surface area (Å²) < 4.78 is 31.1. The fourth-order valence-electron chi connectivity index (χ4n) is 5.66. The Morgan fingerprint density at radius 2 is 1.44 bits per heavy atom. The van der Waals surface area contributed by atoms with Gasteiger partial charge in [-0.25, -0.2) is 9.79 Å². The van der Waals surface area contributed by atoms with E-state index in [0.717, 1.165) is 16.7 Å². The molecule has 0 unspecified atom stereocenters. The minimum absolute atomic E-state index is 0.177. The summed E-state index contributed by atoms with van der Waals surface area (Å²) in [6.07, 6.45) is 1.79. The van der Waals surface area contributed by atoms with Gasteiger partial charge < -0.3 is 23.7 Å². The van der Waals surface area contributed by atoms with Crippen molar-refractivity contribution in [3.63, 3.8) is 0 Å². The number of carbonyl (C=O) groups is 1. The number of thiazole rings is 1. The van der Waals surface area contributed by atoms with Gasteiger partial charge in [-0.15, -0.1) is 0 Å². The summed E-state index contributed by atoms with van der Waals surface area (Å²) >= 11 is 1.25. The van der Waals surface area contributed by atoms with E-state index in [-0.39, 0.29) is 17.7 Å². The number of rotatable bonds is 13. The van der Waals surface area contributed by atoms with Crippen LogP contribution in [0.4, 0.5) is 0 Å². The lowest BCUT2D eigenvalue weighted by atomic mass is 9.96. The number of ether oxygens (including phenoxy) is 5. The lowest BCUT2D eigenvalue weighted by Gasteiger charge is -2.23. The zero-order valence-electron chi connectivity index (χ0n) is 28.4. The summed E-state index contributed by atoms with van der Waals surface area (Å²) in [4.78, 5) is 32.7. The van der Waals surface area contributed by atoms with E-state index in [1.54, 1.807) is 27.0 Å². The first-order valence-electron chi connectivity index (χ1n) is 16.4. The molecule has 2 heterocycles. The van der Waals surface area contributed by atoms with Gasteiger partial charge in [0.2, 0.25) is 0 Å². The highest BCUT2D eigenvalue weighted by Crippen LogP contribution is 2.38. The average molecular weight is 691 g/mol. The highest BCUT2D eigenvalue weighted by atomic mass is 32.1. The molecule has 5 aromatic rings. The number of carbonyl (C=O) groups excluding carboxylic acids is 1. The van der Waals surface area contributed by atoms with Crippen LogP contribution in [0.25, 0.3) is 11.8 Å². The van der Waals surface area contributed by atoms with Crippen LogP contribution in [0.2, 0.25) is 0 Å². The van der Waals surface area contributed by atoms with E-state index in [9.17, 15) is 9.59 Å². The van der Waals surface area contributed by atoms with Gasteiger partial charge in [-0.05, 0) is 73.4 Å². The third kappa shape index (κ3) is 7.50. The third-order valence-electron chi connectivity index (χ3n) is 8.08. The Labute approximate surface area is 294 Å². The molecular weight excluding hydrogens is 653 g/mol. The number of fused-ring (bicyclic) bond motifs is 1. The van der Waals surface area contributed by atoms with E-state index in [2.05, 4.69) is 0 Å². The van der Waals surface area contributed by atoms with Crippen LogP contribution >= 0.6 is 11.3 Å². The predicted molar refractivity (Wildman–Crippen MR) is 193 cm³/mol. The van der Waals surface area contributed by atoms with Crippen LogP contribution in [0.3, 0.4) is 0 Å². The fraction of sp³-hybridized carbons (Fsp3) is 0.225. The Balaban J connectivity index is 1.36. The molecule has 0 saturated carbocycles. The molecule has 6 rings (SSSR count). The van der Waals surface area contributed by atoms with Crippen LogP contribution in [0, 0.1) is 0 Å². The van der Waals surface area contributed by atoms with Gasteiger partial charge >= 0.3 is 5.97 Å². The second-order valence-electron chi connectivity index (χ2n) is 11.4. The topological polar surface area (TPSA) is 97.6 Å². The van der Waals surface area contributed by atoms with Crippen molar-refractivity contribution in [1.29, 1.82) is 0 Å². The number of nitrogens with zero attached hydrogens (tertiary/aromatic N) is 2. The highest BCUT2D eigenvalue weighted by molar-refractivity contribution is 7.07. The molecule has 1 atom stereocenters. The van der Waals surface area contributed by atoms with Crippen molar-refractivity contribution in [1.82, 2.24) is 4.57 Å². The molecule has 10 heteroatoms. The molecular formula is C40H38N2O7S. The van der Waals surface area contributed by atoms with Gasteiger partial charge in [0.1, 0.15) is 19.3 Å². The average Bonchev–Trinajstić information content (AvgIpc) is 3.45. The summed E-state index contributed by atoms with van der Waals surface area (Å²) in [6, 6.07) is 30.1. The Kier molecular flexibility index (Phi) is 10.8. The van der Waals surface area contributed by atoms with Crippen molar-refractivity contribution in [2.75, 3.05) is 20.3 Å². The second-order valence-corrected chi connectivity index (χ2v) is 12.4. The van der Waals surface area contributed by atoms with Crippen LogP contribution in [0.5, 0.6) is 23.0 Å². The number of benzene rings is 4. The Hall–Kier alpha value is -5.61. The van der Waals surface area contributed by atoms with E-state index >= 15 is 0 Å². The molecule has 0 N–H and O–H groups in total. The molecule has 1 aromatic heterocycles. The first-order valence-corrected chi connectivity index (χ1v) is 17.2. The molecule has 0 fully saturated rings. The maximum Gasteiger partial charge on any atom is 0.338 e. The van der Waals surface area contributed by atoms with Gasteiger partial charge in [0.25, 0.3) is 5.56 Å². The van der Waals surface area contributed by atoms with Crippen LogP contribution in [0.1, 0.15) is 49.1 Å². The number of hydrogen-bond acceptors (Lipinski definition) is 9. The second kappa shape index (κ2) is 15.7. The van der Waals surface area contributed by atoms with Crippen molar-refractivity contribution in [2.24, 2.45) is 4.99 Å². The van der Waals surface area contributed by atoms with E-state index in [0.29, 0.717) is 63.4 Å². The first kappa shape index (κ1) is 34.3. The van der Waals surface area contributed by atoms with Crippen LogP contribution in [-0.2, 0) is 22.7 Å². The summed E-state index contributed by atoms with van der Waals surface area (Å²) in [5.74, 6) is 1.71. The predicted octanol–water partition coefficient (Wildman–Crippen LogP) is 6.47. The summed E-state index contributed by atoms with van der Waals surface area (Å²) in [5, 5.41) is 0. The molecule has 0 bridgehead atoms. The largest absolute Gasteiger partial charge is 0.493 e. The maximum atomic E-state index is 13.9. The zero-order valence-corrected chi connectivity index (χ0v) is 29.2. The number of hydrogen-bond donors (Lipinski definition) is 0. The molecule has 0 spiro atoms.